The summed E-state index contributed by atoms with van der Waals surface area (Å²) in [6.07, 6.45) is 2.99. The molecular formula is C24H23N3O3S2. The number of anilines is 1. The maximum atomic E-state index is 12.9. The Morgan fingerprint density at radius 3 is 2.78 bits per heavy atom. The van der Waals surface area contributed by atoms with Gasteiger partial charge in [0.05, 0.1) is 5.92 Å². The molecule has 1 N–H and O–H groups in total. The zero-order valence-corrected chi connectivity index (χ0v) is 19.2. The minimum Gasteiger partial charge on any atom is -0.326 e. The number of hydrogen-bond donors (Lipinski definition) is 1. The molecule has 1 unspecified atom stereocenters. The van der Waals surface area contributed by atoms with Crippen molar-refractivity contribution >= 4 is 33.0 Å². The first-order valence-corrected chi connectivity index (χ1v) is 12.6. The van der Waals surface area contributed by atoms with Crippen LogP contribution in [0.25, 0.3) is 0 Å². The first-order valence-electron chi connectivity index (χ1n) is 10.3. The molecule has 32 heavy (non-hydrogen) atoms. The topological polar surface area (TPSA) is 79.4 Å². The largest absolute Gasteiger partial charge is 0.326 e. The van der Waals surface area contributed by atoms with Gasteiger partial charge in [-0.1, -0.05) is 18.1 Å². The van der Waals surface area contributed by atoms with Crippen LogP contribution < -0.4 is 5.32 Å². The summed E-state index contributed by atoms with van der Waals surface area (Å²) in [6.45, 7) is 2.50. The van der Waals surface area contributed by atoms with Crippen molar-refractivity contribution in [2.75, 3.05) is 18.4 Å². The van der Waals surface area contributed by atoms with Crippen LogP contribution in [0.2, 0.25) is 0 Å². The van der Waals surface area contributed by atoms with E-state index < -0.39 is 15.9 Å². The van der Waals surface area contributed by atoms with Crippen LogP contribution >= 0.6 is 11.3 Å². The third-order valence-electron chi connectivity index (χ3n) is 5.19. The second-order valence-corrected chi connectivity index (χ2v) is 11.1. The molecule has 6 nitrogen and oxygen atoms in total. The van der Waals surface area contributed by atoms with Crippen molar-refractivity contribution in [3.8, 4) is 11.8 Å². The summed E-state index contributed by atoms with van der Waals surface area (Å²) in [5.41, 5.74) is 2.07. The van der Waals surface area contributed by atoms with Gasteiger partial charge in [0.1, 0.15) is 9.90 Å². The van der Waals surface area contributed by atoms with Gasteiger partial charge in [0.25, 0.3) is 10.0 Å². The average Bonchev–Trinajstić information content (AvgIpc) is 3.26. The number of thiophene rings is 1. The minimum absolute atomic E-state index is 0.179. The number of pyridine rings is 1. The number of amides is 1. The number of nitrogens with zero attached hydrogens (tertiary/aromatic N) is 2. The van der Waals surface area contributed by atoms with Gasteiger partial charge in [-0.3, -0.25) is 4.79 Å². The number of carbonyl (C=O) groups excluding carboxylic acids is 1. The molecule has 8 heteroatoms. The number of benzene rings is 1. The molecule has 4 rings (SSSR count). The molecule has 1 aromatic carbocycles. The number of carbonyl (C=O) groups is 1. The Hall–Kier alpha value is -2.99. The lowest BCUT2D eigenvalue weighted by molar-refractivity contribution is -0.120. The van der Waals surface area contributed by atoms with Crippen LogP contribution in [0.15, 0.2) is 65.0 Å². The standard InChI is InChI=1S/C24H23N3O3S2/c1-18-10-13-23(31-18)32(29,30)27-15-5-7-20(17-27)24(28)26-22-9-4-6-19(16-22)11-12-21-8-2-3-14-25-21/h2-4,6,8-10,13-14,16,20H,5,7,15,17H2,1H3,(H,26,28). The van der Waals surface area contributed by atoms with E-state index in [0.29, 0.717) is 35.0 Å². The molecule has 1 aliphatic heterocycles. The number of piperidine rings is 1. The highest BCUT2D eigenvalue weighted by Crippen LogP contribution is 2.28. The zero-order chi connectivity index (χ0) is 22.6. The van der Waals surface area contributed by atoms with Gasteiger partial charge in [0, 0.05) is 35.4 Å². The summed E-state index contributed by atoms with van der Waals surface area (Å²) in [4.78, 5) is 18.0. The molecule has 3 aromatic rings. The van der Waals surface area contributed by atoms with E-state index in [1.807, 2.05) is 37.3 Å². The summed E-state index contributed by atoms with van der Waals surface area (Å²) in [6, 6.07) is 16.3. The monoisotopic (exact) mass is 465 g/mol. The van der Waals surface area contributed by atoms with E-state index in [1.165, 1.54) is 15.6 Å². The number of aryl methyl sites for hydroxylation is 1. The number of rotatable bonds is 4. The third-order valence-corrected chi connectivity index (χ3v) is 8.53. The van der Waals surface area contributed by atoms with Crippen molar-refractivity contribution in [3.63, 3.8) is 0 Å². The maximum Gasteiger partial charge on any atom is 0.252 e. The smallest absolute Gasteiger partial charge is 0.252 e. The molecule has 1 atom stereocenters. The van der Waals surface area contributed by atoms with Crippen LogP contribution in [-0.4, -0.2) is 36.7 Å². The van der Waals surface area contributed by atoms with Crippen molar-refractivity contribution < 1.29 is 13.2 Å². The van der Waals surface area contributed by atoms with Crippen molar-refractivity contribution in [3.05, 3.63) is 76.9 Å². The first-order chi connectivity index (χ1) is 15.4. The van der Waals surface area contributed by atoms with Crippen LogP contribution in [0, 0.1) is 24.7 Å². The molecule has 0 bridgehead atoms. The Bertz CT molecular complexity index is 1270. The van der Waals surface area contributed by atoms with Gasteiger partial charge < -0.3 is 5.32 Å². The van der Waals surface area contributed by atoms with E-state index >= 15 is 0 Å². The SMILES string of the molecule is Cc1ccc(S(=O)(=O)N2CCCC(C(=O)Nc3cccc(C#Cc4ccccn4)c3)C2)s1. The highest BCUT2D eigenvalue weighted by atomic mass is 32.2. The van der Waals surface area contributed by atoms with Gasteiger partial charge in [-0.05, 0) is 68.2 Å². The molecule has 3 heterocycles. The Kier molecular flexibility index (Phi) is 6.70. The lowest BCUT2D eigenvalue weighted by atomic mass is 9.98. The first kappa shape index (κ1) is 22.2. The average molecular weight is 466 g/mol. The number of hydrogen-bond acceptors (Lipinski definition) is 5. The number of sulfonamides is 1. The molecule has 1 aliphatic rings. The molecule has 1 amide bonds. The van der Waals surface area contributed by atoms with Crippen LogP contribution in [0.4, 0.5) is 5.69 Å². The van der Waals surface area contributed by atoms with E-state index in [2.05, 4.69) is 22.1 Å². The predicted octanol–water partition coefficient (Wildman–Crippen LogP) is 3.89. The highest BCUT2D eigenvalue weighted by molar-refractivity contribution is 7.91. The van der Waals surface area contributed by atoms with Crippen molar-refractivity contribution in [2.24, 2.45) is 5.92 Å². The molecule has 2 aromatic heterocycles. The van der Waals surface area contributed by atoms with E-state index in [1.54, 1.807) is 30.5 Å². The lowest BCUT2D eigenvalue weighted by Gasteiger charge is -2.30. The van der Waals surface area contributed by atoms with Gasteiger partial charge in [0.2, 0.25) is 5.91 Å². The maximum absolute atomic E-state index is 12.9. The molecule has 164 valence electrons. The summed E-state index contributed by atoms with van der Waals surface area (Å²) in [7, 11) is -3.57. The minimum atomic E-state index is -3.57. The van der Waals surface area contributed by atoms with E-state index in [9.17, 15) is 13.2 Å². The Morgan fingerprint density at radius 2 is 2.03 bits per heavy atom. The molecule has 1 fully saturated rings. The van der Waals surface area contributed by atoms with Crippen LogP contribution in [0.1, 0.15) is 29.0 Å². The summed E-state index contributed by atoms with van der Waals surface area (Å²) in [5, 5.41) is 2.92. The second-order valence-electron chi connectivity index (χ2n) is 7.60. The fourth-order valence-electron chi connectivity index (χ4n) is 3.54. The van der Waals surface area contributed by atoms with Gasteiger partial charge in [-0.15, -0.1) is 11.3 Å². The third kappa shape index (κ3) is 5.25. The number of aromatic nitrogens is 1. The molecule has 1 saturated heterocycles. The van der Waals surface area contributed by atoms with E-state index in [4.69, 9.17) is 0 Å². The fourth-order valence-corrected chi connectivity index (χ4v) is 6.51. The van der Waals surface area contributed by atoms with Crippen LogP contribution in [0.5, 0.6) is 0 Å². The molecule has 0 saturated carbocycles. The molecular weight excluding hydrogens is 442 g/mol. The Balaban J connectivity index is 1.43. The Morgan fingerprint density at radius 1 is 1.16 bits per heavy atom. The summed E-state index contributed by atoms with van der Waals surface area (Å²) in [5.74, 6) is 5.47. The van der Waals surface area contributed by atoms with Gasteiger partial charge in [-0.25, -0.2) is 13.4 Å². The normalized spacial score (nSPS) is 16.7. The summed E-state index contributed by atoms with van der Waals surface area (Å²) < 4.78 is 27.7. The van der Waals surface area contributed by atoms with Crippen molar-refractivity contribution in [1.82, 2.24) is 9.29 Å². The molecule has 0 aliphatic carbocycles. The van der Waals surface area contributed by atoms with Crippen LogP contribution in [0.3, 0.4) is 0 Å². The second kappa shape index (κ2) is 9.65. The van der Waals surface area contributed by atoms with Crippen LogP contribution in [-0.2, 0) is 14.8 Å². The Labute approximate surface area is 192 Å². The van der Waals surface area contributed by atoms with Gasteiger partial charge in [0.15, 0.2) is 0 Å². The molecule has 0 spiro atoms. The quantitative estimate of drug-likeness (QED) is 0.593. The fraction of sp³-hybridized carbons (Fsp3) is 0.250. The predicted molar refractivity (Wildman–Crippen MR) is 126 cm³/mol. The highest BCUT2D eigenvalue weighted by Gasteiger charge is 2.34. The molecule has 0 radical (unpaired) electrons. The zero-order valence-electron chi connectivity index (χ0n) is 17.6. The van der Waals surface area contributed by atoms with Crippen molar-refractivity contribution in [2.45, 2.75) is 24.0 Å². The van der Waals surface area contributed by atoms with Gasteiger partial charge >= 0.3 is 0 Å². The van der Waals surface area contributed by atoms with E-state index in [-0.39, 0.29) is 12.5 Å². The lowest BCUT2D eigenvalue weighted by Crippen LogP contribution is -2.43. The summed E-state index contributed by atoms with van der Waals surface area (Å²) >= 11 is 1.26. The van der Waals surface area contributed by atoms with E-state index in [0.717, 1.165) is 10.4 Å². The van der Waals surface area contributed by atoms with Gasteiger partial charge in [-0.2, -0.15) is 4.31 Å². The number of nitrogens with one attached hydrogen (secondary N) is 1. The van der Waals surface area contributed by atoms with Crippen molar-refractivity contribution in [1.29, 1.82) is 0 Å².